The van der Waals surface area contributed by atoms with Crippen molar-refractivity contribution in [1.82, 2.24) is 5.32 Å². The Morgan fingerprint density at radius 1 is 1.23 bits per heavy atom. The van der Waals surface area contributed by atoms with Crippen molar-refractivity contribution in [1.29, 1.82) is 0 Å². The van der Waals surface area contributed by atoms with E-state index in [9.17, 15) is 14.7 Å². The van der Waals surface area contributed by atoms with Gasteiger partial charge in [0.2, 0.25) is 0 Å². The molecule has 0 aliphatic heterocycles. The van der Waals surface area contributed by atoms with Crippen LogP contribution in [0.5, 0.6) is 0 Å². The largest absolute Gasteiger partial charge is 0.503 e. The number of nitrogens with one attached hydrogen (secondary N) is 1. The molecule has 8 nitrogen and oxygen atoms in total. The van der Waals surface area contributed by atoms with Crippen molar-refractivity contribution in [2.24, 2.45) is 16.8 Å². The third kappa shape index (κ3) is 7.09. The Morgan fingerprint density at radius 3 is 2.39 bits per heavy atom. The number of esters is 1. The molecule has 3 atom stereocenters. The Morgan fingerprint density at radius 2 is 1.87 bits per heavy atom. The highest BCUT2D eigenvalue weighted by molar-refractivity contribution is 5.97. The minimum absolute atomic E-state index is 0.0774. The summed E-state index contributed by atoms with van der Waals surface area (Å²) in [4.78, 5) is 28.7. The number of ether oxygens (including phenoxy) is 3. The second-order valence-electron chi connectivity index (χ2n) is 8.34. The van der Waals surface area contributed by atoms with Crippen LogP contribution in [0.3, 0.4) is 0 Å². The number of methoxy groups -OCH3 is 1. The molecule has 2 aliphatic rings. The average molecular weight is 437 g/mol. The Hall–Kier alpha value is -2.35. The normalized spacial score (nSPS) is 21.0. The molecule has 8 heteroatoms. The zero-order valence-corrected chi connectivity index (χ0v) is 19.1. The van der Waals surface area contributed by atoms with Crippen LogP contribution in [0.15, 0.2) is 28.3 Å². The fraction of sp³-hybridized carbons (Fsp3) is 0.696. The quantitative estimate of drug-likeness (QED) is 0.160. The van der Waals surface area contributed by atoms with Gasteiger partial charge >= 0.3 is 5.97 Å². The fourth-order valence-electron chi connectivity index (χ4n) is 3.87. The van der Waals surface area contributed by atoms with Crippen molar-refractivity contribution in [2.45, 2.75) is 77.5 Å². The van der Waals surface area contributed by atoms with Crippen LogP contribution in [0.2, 0.25) is 0 Å². The Kier molecular flexibility index (Phi) is 9.55. The number of aliphatic hydroxyl groups excluding tert-OH is 1. The molecule has 0 radical (unpaired) electrons. The average Bonchev–Trinajstić information content (AvgIpc) is 3.41. The summed E-state index contributed by atoms with van der Waals surface area (Å²) in [6.07, 6.45) is 7.83. The van der Waals surface area contributed by atoms with Gasteiger partial charge in [0, 0.05) is 6.61 Å². The highest BCUT2D eigenvalue weighted by Crippen LogP contribution is 2.34. The van der Waals surface area contributed by atoms with Crippen LogP contribution in [0.4, 0.5) is 0 Å². The van der Waals surface area contributed by atoms with Crippen LogP contribution >= 0.6 is 0 Å². The smallest absolute Gasteiger partial charge is 0.328 e. The summed E-state index contributed by atoms with van der Waals surface area (Å²) in [5, 5.41) is 12.7. The number of carbonyl (C=O) groups excluding carboxylic acids is 2. The second-order valence-corrected chi connectivity index (χ2v) is 8.34. The van der Waals surface area contributed by atoms with Crippen molar-refractivity contribution in [3.63, 3.8) is 0 Å². The van der Waals surface area contributed by atoms with Crippen LogP contribution in [-0.4, -0.2) is 55.7 Å². The van der Waals surface area contributed by atoms with Gasteiger partial charge in [-0.2, -0.15) is 0 Å². The van der Waals surface area contributed by atoms with E-state index in [-0.39, 0.29) is 17.6 Å². The summed E-state index contributed by atoms with van der Waals surface area (Å²) in [6, 6.07) is -0.941. The molecule has 0 heterocycles. The molecule has 2 aliphatic carbocycles. The SMILES string of the molecule is C=N/C(C(=O)N[C@@H](C)C(=O)O[C@@H](C)[C@H](OCC1CC1)C1CCCC1)=C(O)\C(=C/C)OC. The van der Waals surface area contributed by atoms with E-state index in [1.165, 1.54) is 45.8 Å². The van der Waals surface area contributed by atoms with Crippen LogP contribution in [0.1, 0.15) is 59.3 Å². The van der Waals surface area contributed by atoms with Crippen LogP contribution in [-0.2, 0) is 23.8 Å². The van der Waals surface area contributed by atoms with E-state index in [1.54, 1.807) is 6.92 Å². The van der Waals surface area contributed by atoms with E-state index < -0.39 is 29.8 Å². The van der Waals surface area contributed by atoms with E-state index in [4.69, 9.17) is 14.2 Å². The number of rotatable bonds is 12. The van der Waals surface area contributed by atoms with Crippen LogP contribution in [0, 0.1) is 11.8 Å². The molecule has 1 amide bonds. The molecule has 31 heavy (non-hydrogen) atoms. The number of hydrogen-bond donors (Lipinski definition) is 2. The monoisotopic (exact) mass is 436 g/mol. The Labute approximate surface area is 184 Å². The molecule has 0 aromatic heterocycles. The number of amides is 1. The summed E-state index contributed by atoms with van der Waals surface area (Å²) in [6.45, 7) is 9.04. The zero-order valence-electron chi connectivity index (χ0n) is 19.1. The van der Waals surface area contributed by atoms with Gasteiger partial charge in [-0.15, -0.1) is 0 Å². The summed E-state index contributed by atoms with van der Waals surface area (Å²) in [5.74, 6) is -0.687. The maximum absolute atomic E-state index is 12.6. The third-order valence-corrected chi connectivity index (χ3v) is 5.86. The van der Waals surface area contributed by atoms with E-state index in [0.29, 0.717) is 18.4 Å². The zero-order chi connectivity index (χ0) is 23.0. The highest BCUT2D eigenvalue weighted by atomic mass is 16.6. The molecule has 0 saturated heterocycles. The molecule has 2 N–H and O–H groups in total. The maximum atomic E-state index is 12.6. The number of nitrogens with zero attached hydrogens (tertiary/aromatic N) is 1. The molecule has 0 spiro atoms. The first kappa shape index (κ1) is 24.9. The summed E-state index contributed by atoms with van der Waals surface area (Å²) < 4.78 is 16.8. The van der Waals surface area contributed by atoms with Crippen molar-refractivity contribution in [3.8, 4) is 0 Å². The lowest BCUT2D eigenvalue weighted by Crippen LogP contribution is -2.44. The summed E-state index contributed by atoms with van der Waals surface area (Å²) in [7, 11) is 1.36. The van der Waals surface area contributed by atoms with Gasteiger partial charge in [-0.05, 0) is 71.1 Å². The Balaban J connectivity index is 1.97. The van der Waals surface area contributed by atoms with E-state index in [2.05, 4.69) is 17.0 Å². The van der Waals surface area contributed by atoms with E-state index in [1.807, 2.05) is 6.92 Å². The first-order valence-electron chi connectivity index (χ1n) is 11.1. The van der Waals surface area contributed by atoms with Gasteiger partial charge in [0.1, 0.15) is 12.1 Å². The first-order chi connectivity index (χ1) is 14.8. The van der Waals surface area contributed by atoms with Gasteiger partial charge in [0.15, 0.2) is 17.2 Å². The van der Waals surface area contributed by atoms with Gasteiger partial charge in [-0.25, -0.2) is 4.79 Å². The van der Waals surface area contributed by atoms with Crippen molar-refractivity contribution in [2.75, 3.05) is 13.7 Å². The van der Waals surface area contributed by atoms with Crippen LogP contribution < -0.4 is 5.32 Å². The van der Waals surface area contributed by atoms with Gasteiger partial charge < -0.3 is 24.6 Å². The molecular formula is C23H36N2O6. The van der Waals surface area contributed by atoms with Crippen molar-refractivity contribution in [3.05, 3.63) is 23.3 Å². The van der Waals surface area contributed by atoms with Gasteiger partial charge in [0.25, 0.3) is 5.91 Å². The molecular weight excluding hydrogens is 400 g/mol. The van der Waals surface area contributed by atoms with Gasteiger partial charge in [0.05, 0.1) is 13.2 Å². The molecule has 0 bridgehead atoms. The predicted molar refractivity (Wildman–Crippen MR) is 118 cm³/mol. The number of hydrogen-bond acceptors (Lipinski definition) is 7. The molecule has 2 fully saturated rings. The van der Waals surface area contributed by atoms with Gasteiger partial charge in [-0.3, -0.25) is 9.79 Å². The molecule has 0 aromatic rings. The van der Waals surface area contributed by atoms with E-state index in [0.717, 1.165) is 12.8 Å². The van der Waals surface area contributed by atoms with Crippen molar-refractivity contribution < 1.29 is 28.9 Å². The van der Waals surface area contributed by atoms with Gasteiger partial charge in [-0.1, -0.05) is 12.8 Å². The number of aliphatic hydroxyl groups is 1. The minimum Gasteiger partial charge on any atom is -0.503 e. The first-order valence-corrected chi connectivity index (χ1v) is 11.1. The lowest BCUT2D eigenvalue weighted by Gasteiger charge is -2.30. The topological polar surface area (TPSA) is 106 Å². The molecule has 2 saturated carbocycles. The second kappa shape index (κ2) is 11.9. The predicted octanol–water partition coefficient (Wildman–Crippen LogP) is 3.43. The number of allylic oxidation sites excluding steroid dienone is 1. The van der Waals surface area contributed by atoms with E-state index >= 15 is 0 Å². The Bertz CT molecular complexity index is 707. The highest BCUT2D eigenvalue weighted by Gasteiger charge is 2.35. The molecule has 0 unspecified atom stereocenters. The van der Waals surface area contributed by atoms with Crippen LogP contribution in [0.25, 0.3) is 0 Å². The number of aliphatic imine (C=N–C) groups is 1. The molecule has 0 aromatic carbocycles. The lowest BCUT2D eigenvalue weighted by molar-refractivity contribution is -0.162. The molecule has 2 rings (SSSR count). The maximum Gasteiger partial charge on any atom is 0.328 e. The standard InChI is InChI=1S/C23H36N2O6/c1-6-18(29-5)20(26)19(24-4)22(27)25-14(2)23(28)31-15(3)21(17-9-7-8-10-17)30-13-16-11-12-16/h6,14-17,21,26H,4,7-13H2,1-3,5H3,(H,25,27)/b18-6+,20-19+/t14-,15-,21-/m0/s1. The summed E-state index contributed by atoms with van der Waals surface area (Å²) >= 11 is 0. The third-order valence-electron chi connectivity index (χ3n) is 5.86. The molecule has 174 valence electrons. The lowest BCUT2D eigenvalue weighted by atomic mass is 9.96. The number of carbonyl (C=O) groups is 2. The van der Waals surface area contributed by atoms with Crippen molar-refractivity contribution >= 4 is 18.6 Å². The fourth-order valence-corrected chi connectivity index (χ4v) is 3.87. The summed E-state index contributed by atoms with van der Waals surface area (Å²) in [5.41, 5.74) is -0.334. The minimum atomic E-state index is -0.941.